The Morgan fingerprint density at radius 1 is 1.06 bits per heavy atom. The van der Waals surface area contributed by atoms with Gasteiger partial charge in [0, 0.05) is 18.1 Å². The first-order chi connectivity index (χ1) is 7.65. The van der Waals surface area contributed by atoms with Crippen molar-refractivity contribution in [3.63, 3.8) is 0 Å². The zero-order valence-electron chi connectivity index (χ0n) is 7.92. The van der Waals surface area contributed by atoms with E-state index in [1.54, 1.807) is 30.6 Å². The van der Waals surface area contributed by atoms with Crippen LogP contribution < -0.4 is 5.32 Å². The topological polar surface area (TPSA) is 37.8 Å². The summed E-state index contributed by atoms with van der Waals surface area (Å²) in [4.78, 5) is 8.16. The summed E-state index contributed by atoms with van der Waals surface area (Å²) in [5, 5.41) is 4.02. The molecule has 16 heavy (non-hydrogen) atoms. The van der Waals surface area contributed by atoms with Crippen LogP contribution in [0.1, 0.15) is 0 Å². The number of rotatable bonds is 2. The molecular formula is C10H6BrCl2N3. The van der Waals surface area contributed by atoms with E-state index in [9.17, 15) is 0 Å². The maximum absolute atomic E-state index is 5.89. The molecule has 0 bridgehead atoms. The molecule has 6 heteroatoms. The quantitative estimate of drug-likeness (QED) is 0.897. The van der Waals surface area contributed by atoms with Crippen LogP contribution in [0.15, 0.2) is 35.1 Å². The van der Waals surface area contributed by atoms with Crippen molar-refractivity contribution < 1.29 is 0 Å². The molecule has 0 radical (unpaired) electrons. The van der Waals surface area contributed by atoms with Crippen LogP contribution in [0.2, 0.25) is 10.0 Å². The van der Waals surface area contributed by atoms with Crippen molar-refractivity contribution in [1.29, 1.82) is 0 Å². The van der Waals surface area contributed by atoms with Gasteiger partial charge < -0.3 is 5.32 Å². The molecule has 0 unspecified atom stereocenters. The second kappa shape index (κ2) is 4.99. The lowest BCUT2D eigenvalue weighted by molar-refractivity contribution is 1.15. The Hall–Kier alpha value is -0.840. The molecule has 1 aromatic heterocycles. The molecule has 2 aromatic rings. The van der Waals surface area contributed by atoms with Gasteiger partial charge in [-0.3, -0.25) is 0 Å². The van der Waals surface area contributed by atoms with E-state index in [1.165, 1.54) is 0 Å². The first kappa shape index (κ1) is 11.6. The lowest BCUT2D eigenvalue weighted by Crippen LogP contribution is -1.95. The minimum absolute atomic E-state index is 0.490. The van der Waals surface area contributed by atoms with Crippen LogP contribution in [0.4, 0.5) is 11.6 Å². The van der Waals surface area contributed by atoms with Crippen LogP contribution in [0, 0.1) is 0 Å². The van der Waals surface area contributed by atoms with E-state index in [-0.39, 0.29) is 0 Å². The smallest absolute Gasteiger partial charge is 0.227 e. The van der Waals surface area contributed by atoms with Gasteiger partial charge in [0.1, 0.15) is 0 Å². The van der Waals surface area contributed by atoms with Crippen molar-refractivity contribution in [2.45, 2.75) is 0 Å². The van der Waals surface area contributed by atoms with E-state index in [0.29, 0.717) is 16.0 Å². The Kier molecular flexibility index (Phi) is 3.63. The van der Waals surface area contributed by atoms with Gasteiger partial charge in [-0.1, -0.05) is 23.2 Å². The van der Waals surface area contributed by atoms with Crippen LogP contribution >= 0.6 is 39.1 Å². The minimum atomic E-state index is 0.490. The summed E-state index contributed by atoms with van der Waals surface area (Å²) in [5.41, 5.74) is 0.789. The molecule has 0 saturated heterocycles. The maximum Gasteiger partial charge on any atom is 0.227 e. The third kappa shape index (κ3) is 2.84. The average molecular weight is 319 g/mol. The van der Waals surface area contributed by atoms with Crippen molar-refractivity contribution in [3.05, 3.63) is 45.1 Å². The second-order valence-electron chi connectivity index (χ2n) is 2.98. The molecule has 3 nitrogen and oxygen atoms in total. The summed E-state index contributed by atoms with van der Waals surface area (Å²) < 4.78 is 0.826. The van der Waals surface area contributed by atoms with E-state index in [0.717, 1.165) is 10.2 Å². The van der Waals surface area contributed by atoms with E-state index >= 15 is 0 Å². The average Bonchev–Trinajstić information content (AvgIpc) is 2.27. The first-order valence-electron chi connectivity index (χ1n) is 4.35. The molecule has 0 atom stereocenters. The van der Waals surface area contributed by atoms with Gasteiger partial charge in [0.15, 0.2) is 0 Å². The fourth-order valence-electron chi connectivity index (χ4n) is 1.08. The highest BCUT2D eigenvalue weighted by atomic mass is 79.9. The molecule has 0 aliphatic carbocycles. The highest BCUT2D eigenvalue weighted by Gasteiger charge is 2.01. The molecule has 1 N–H and O–H groups in total. The summed E-state index contributed by atoms with van der Waals surface area (Å²) in [7, 11) is 0. The molecule has 0 saturated carbocycles. The Balaban J connectivity index is 2.20. The number of hydrogen-bond acceptors (Lipinski definition) is 3. The summed E-state index contributed by atoms with van der Waals surface area (Å²) >= 11 is 15.0. The zero-order valence-corrected chi connectivity index (χ0v) is 11.0. The predicted molar refractivity (Wildman–Crippen MR) is 69.5 cm³/mol. The van der Waals surface area contributed by atoms with Gasteiger partial charge in [-0.05, 0) is 34.1 Å². The molecule has 0 spiro atoms. The standard InChI is InChI=1S/C10H6BrCl2N3/c11-6-4-14-10(15-5-6)16-7-1-2-8(12)9(13)3-7/h1-5H,(H,14,15,16). The van der Waals surface area contributed by atoms with Crippen molar-refractivity contribution >= 4 is 50.8 Å². The number of aromatic nitrogens is 2. The van der Waals surface area contributed by atoms with E-state index in [4.69, 9.17) is 23.2 Å². The summed E-state index contributed by atoms with van der Waals surface area (Å²) in [6.45, 7) is 0. The number of benzene rings is 1. The minimum Gasteiger partial charge on any atom is -0.324 e. The van der Waals surface area contributed by atoms with Crippen LogP contribution in [-0.4, -0.2) is 9.97 Å². The molecule has 1 heterocycles. The number of hydrogen-bond donors (Lipinski definition) is 1. The highest BCUT2D eigenvalue weighted by molar-refractivity contribution is 9.10. The van der Waals surface area contributed by atoms with E-state index < -0.39 is 0 Å². The molecule has 82 valence electrons. The number of anilines is 2. The molecule has 2 rings (SSSR count). The molecule has 0 fully saturated rings. The van der Waals surface area contributed by atoms with Gasteiger partial charge in [-0.25, -0.2) is 9.97 Å². The fraction of sp³-hybridized carbons (Fsp3) is 0. The van der Waals surface area contributed by atoms with Crippen molar-refractivity contribution in [1.82, 2.24) is 9.97 Å². The Labute approximate surface area is 111 Å². The normalized spacial score (nSPS) is 10.2. The number of nitrogens with one attached hydrogen (secondary N) is 1. The van der Waals surface area contributed by atoms with Crippen molar-refractivity contribution in [2.75, 3.05) is 5.32 Å². The van der Waals surface area contributed by atoms with Crippen LogP contribution in [0.3, 0.4) is 0 Å². The lowest BCUT2D eigenvalue weighted by atomic mass is 10.3. The Morgan fingerprint density at radius 3 is 2.38 bits per heavy atom. The number of nitrogens with zero attached hydrogens (tertiary/aromatic N) is 2. The monoisotopic (exact) mass is 317 g/mol. The number of halogens is 3. The highest BCUT2D eigenvalue weighted by Crippen LogP contribution is 2.26. The fourth-order valence-corrected chi connectivity index (χ4v) is 1.58. The largest absolute Gasteiger partial charge is 0.324 e. The summed E-state index contributed by atoms with van der Waals surface area (Å²) in [6, 6.07) is 5.24. The van der Waals surface area contributed by atoms with Gasteiger partial charge in [0.2, 0.25) is 5.95 Å². The van der Waals surface area contributed by atoms with Crippen LogP contribution in [-0.2, 0) is 0 Å². The Bertz CT molecular complexity index is 502. The third-order valence-corrected chi connectivity index (χ3v) is 2.94. The zero-order chi connectivity index (χ0) is 11.5. The predicted octanol–water partition coefficient (Wildman–Crippen LogP) is 4.29. The van der Waals surface area contributed by atoms with Gasteiger partial charge >= 0.3 is 0 Å². The van der Waals surface area contributed by atoms with Crippen molar-refractivity contribution in [2.24, 2.45) is 0 Å². The molecule has 0 aliphatic rings. The van der Waals surface area contributed by atoms with E-state index in [1.807, 2.05) is 0 Å². The molecule has 0 aliphatic heterocycles. The van der Waals surface area contributed by atoms with Gasteiger partial charge in [0.05, 0.1) is 14.5 Å². The van der Waals surface area contributed by atoms with E-state index in [2.05, 4.69) is 31.2 Å². The lowest BCUT2D eigenvalue weighted by Gasteiger charge is -2.05. The molecular weight excluding hydrogens is 313 g/mol. The van der Waals surface area contributed by atoms with Gasteiger partial charge in [0.25, 0.3) is 0 Å². The summed E-state index contributed by atoms with van der Waals surface area (Å²) in [6.07, 6.45) is 3.32. The molecule has 1 aromatic carbocycles. The SMILES string of the molecule is Clc1ccc(Nc2ncc(Br)cn2)cc1Cl. The molecule has 0 amide bonds. The van der Waals surface area contributed by atoms with Gasteiger partial charge in [-0.15, -0.1) is 0 Å². The van der Waals surface area contributed by atoms with Gasteiger partial charge in [-0.2, -0.15) is 0 Å². The Morgan fingerprint density at radius 2 is 1.75 bits per heavy atom. The summed E-state index contributed by atoms with van der Waals surface area (Å²) in [5.74, 6) is 0.501. The third-order valence-electron chi connectivity index (χ3n) is 1.80. The van der Waals surface area contributed by atoms with Crippen LogP contribution in [0.5, 0.6) is 0 Å². The second-order valence-corrected chi connectivity index (χ2v) is 4.71. The van der Waals surface area contributed by atoms with Crippen molar-refractivity contribution in [3.8, 4) is 0 Å². The maximum atomic E-state index is 5.89. The first-order valence-corrected chi connectivity index (χ1v) is 5.89. The van der Waals surface area contributed by atoms with Crippen LogP contribution in [0.25, 0.3) is 0 Å².